The zero-order chi connectivity index (χ0) is 20.1. The quantitative estimate of drug-likeness (QED) is 0.618. The van der Waals surface area contributed by atoms with Gasteiger partial charge in [-0.05, 0) is 30.3 Å². The number of nitrogens with one attached hydrogen (secondary N) is 2. The van der Waals surface area contributed by atoms with E-state index in [0.29, 0.717) is 16.9 Å². The van der Waals surface area contributed by atoms with Crippen molar-refractivity contribution in [2.75, 3.05) is 16.4 Å². The van der Waals surface area contributed by atoms with Gasteiger partial charge < -0.3 is 15.2 Å². The molecule has 0 bridgehead atoms. The fourth-order valence-electron chi connectivity index (χ4n) is 2.25. The highest BCUT2D eigenvalue weighted by Crippen LogP contribution is 2.18. The third-order valence-electron chi connectivity index (χ3n) is 3.59. The van der Waals surface area contributed by atoms with Gasteiger partial charge in [0, 0.05) is 24.4 Å². The van der Waals surface area contributed by atoms with E-state index < -0.39 is 17.5 Å². The molecule has 0 fully saturated rings. The molecule has 3 aromatic rings. The summed E-state index contributed by atoms with van der Waals surface area (Å²) in [6.07, 6.45) is 1.53. The maximum Gasteiger partial charge on any atom is 0.255 e. The van der Waals surface area contributed by atoms with E-state index in [1.54, 1.807) is 23.7 Å². The summed E-state index contributed by atoms with van der Waals surface area (Å²) in [5.74, 6) is -2.37. The first-order valence-electron chi connectivity index (χ1n) is 8.05. The van der Waals surface area contributed by atoms with Crippen LogP contribution >= 0.6 is 11.8 Å². The summed E-state index contributed by atoms with van der Waals surface area (Å²) in [5, 5.41) is 13.3. The van der Waals surface area contributed by atoms with Crippen LogP contribution in [0.25, 0.3) is 0 Å². The molecule has 2 amide bonds. The van der Waals surface area contributed by atoms with Crippen LogP contribution in [0.3, 0.4) is 0 Å². The SMILES string of the molecule is Cn1cnnc1SCC(=O)Nc1cccc(C(=O)Nc2ccc(F)cc2F)c1. The molecule has 0 saturated carbocycles. The number of aromatic nitrogens is 3. The fourth-order valence-corrected chi connectivity index (χ4v) is 2.94. The van der Waals surface area contributed by atoms with Gasteiger partial charge in [0.2, 0.25) is 5.91 Å². The number of halogens is 2. The third-order valence-corrected chi connectivity index (χ3v) is 4.62. The molecule has 0 radical (unpaired) electrons. The van der Waals surface area contributed by atoms with E-state index in [-0.39, 0.29) is 22.9 Å². The number of benzene rings is 2. The number of rotatable bonds is 6. The lowest BCUT2D eigenvalue weighted by Crippen LogP contribution is -2.16. The first-order valence-corrected chi connectivity index (χ1v) is 9.04. The molecular weight excluding hydrogens is 388 g/mol. The molecule has 3 rings (SSSR count). The number of hydrogen-bond donors (Lipinski definition) is 2. The normalized spacial score (nSPS) is 10.5. The summed E-state index contributed by atoms with van der Waals surface area (Å²) in [7, 11) is 1.77. The minimum absolute atomic E-state index is 0.115. The Morgan fingerprint density at radius 1 is 1.14 bits per heavy atom. The second-order valence-electron chi connectivity index (χ2n) is 5.72. The van der Waals surface area contributed by atoms with E-state index in [2.05, 4.69) is 20.8 Å². The van der Waals surface area contributed by atoms with E-state index in [1.165, 1.54) is 30.2 Å². The predicted octanol–water partition coefficient (Wildman–Crippen LogP) is 3.08. The number of thioether (sulfide) groups is 1. The maximum atomic E-state index is 13.7. The van der Waals surface area contributed by atoms with E-state index in [1.807, 2.05) is 0 Å². The van der Waals surface area contributed by atoms with Gasteiger partial charge in [-0.2, -0.15) is 0 Å². The fraction of sp³-hybridized carbons (Fsp3) is 0.111. The summed E-state index contributed by atoms with van der Waals surface area (Å²) in [6.45, 7) is 0. The number of aryl methyl sites for hydroxylation is 1. The molecule has 0 aliphatic rings. The van der Waals surface area contributed by atoms with Gasteiger partial charge in [-0.25, -0.2) is 8.78 Å². The van der Waals surface area contributed by atoms with E-state index in [9.17, 15) is 18.4 Å². The van der Waals surface area contributed by atoms with Crippen LogP contribution in [0.5, 0.6) is 0 Å². The average Bonchev–Trinajstić information content (AvgIpc) is 3.07. The molecule has 0 atom stereocenters. The van der Waals surface area contributed by atoms with Crippen molar-refractivity contribution in [2.24, 2.45) is 7.05 Å². The number of carbonyl (C=O) groups excluding carboxylic acids is 2. The zero-order valence-corrected chi connectivity index (χ0v) is 15.5. The Kier molecular flexibility index (Phi) is 5.99. The van der Waals surface area contributed by atoms with Gasteiger partial charge in [-0.15, -0.1) is 10.2 Å². The Morgan fingerprint density at radius 2 is 1.96 bits per heavy atom. The van der Waals surface area contributed by atoms with Crippen molar-refractivity contribution in [1.29, 1.82) is 0 Å². The average molecular weight is 403 g/mol. The molecule has 28 heavy (non-hydrogen) atoms. The molecule has 0 spiro atoms. The number of amides is 2. The molecule has 144 valence electrons. The lowest BCUT2D eigenvalue weighted by Gasteiger charge is -2.09. The lowest BCUT2D eigenvalue weighted by molar-refractivity contribution is -0.113. The van der Waals surface area contributed by atoms with Gasteiger partial charge in [0.1, 0.15) is 18.0 Å². The van der Waals surface area contributed by atoms with Crippen molar-refractivity contribution in [2.45, 2.75) is 5.16 Å². The molecule has 1 aromatic heterocycles. The summed E-state index contributed by atoms with van der Waals surface area (Å²) < 4.78 is 28.3. The van der Waals surface area contributed by atoms with Crippen molar-refractivity contribution < 1.29 is 18.4 Å². The minimum atomic E-state index is -0.876. The Hall–Kier alpha value is -3.27. The van der Waals surface area contributed by atoms with Crippen LogP contribution in [0.2, 0.25) is 0 Å². The molecule has 0 saturated heterocycles. The first-order chi connectivity index (χ1) is 13.4. The Balaban J connectivity index is 1.62. The van der Waals surface area contributed by atoms with Gasteiger partial charge in [-0.3, -0.25) is 9.59 Å². The molecule has 0 aliphatic carbocycles. The third kappa shape index (κ3) is 4.92. The van der Waals surface area contributed by atoms with Crippen molar-refractivity contribution in [3.63, 3.8) is 0 Å². The maximum absolute atomic E-state index is 13.7. The summed E-state index contributed by atoms with van der Waals surface area (Å²) in [4.78, 5) is 24.4. The Morgan fingerprint density at radius 3 is 2.68 bits per heavy atom. The van der Waals surface area contributed by atoms with Crippen molar-refractivity contribution in [3.05, 3.63) is 66.0 Å². The minimum Gasteiger partial charge on any atom is -0.325 e. The predicted molar refractivity (Wildman–Crippen MR) is 101 cm³/mol. The van der Waals surface area contributed by atoms with E-state index in [0.717, 1.165) is 12.1 Å². The topological polar surface area (TPSA) is 88.9 Å². The molecule has 2 N–H and O–H groups in total. The number of nitrogens with zero attached hydrogens (tertiary/aromatic N) is 3. The van der Waals surface area contributed by atoms with Crippen LogP contribution in [0, 0.1) is 11.6 Å². The number of hydrogen-bond acceptors (Lipinski definition) is 5. The molecule has 1 heterocycles. The van der Waals surface area contributed by atoms with Crippen LogP contribution < -0.4 is 10.6 Å². The molecule has 0 unspecified atom stereocenters. The highest BCUT2D eigenvalue weighted by atomic mass is 32.2. The standard InChI is InChI=1S/C18H15F2N5O2S/c1-25-10-21-24-18(25)28-9-16(26)22-13-4-2-3-11(7-13)17(27)23-15-6-5-12(19)8-14(15)20/h2-8,10H,9H2,1H3,(H,22,26)(H,23,27). The molecule has 0 aliphatic heterocycles. The van der Waals surface area contributed by atoms with E-state index in [4.69, 9.17) is 0 Å². The van der Waals surface area contributed by atoms with Crippen molar-refractivity contribution >= 4 is 35.0 Å². The van der Waals surface area contributed by atoms with Crippen molar-refractivity contribution in [1.82, 2.24) is 14.8 Å². The Labute approximate surface area is 163 Å². The zero-order valence-electron chi connectivity index (χ0n) is 14.6. The summed E-state index contributed by atoms with van der Waals surface area (Å²) in [5.41, 5.74) is 0.485. The van der Waals surface area contributed by atoms with Gasteiger partial charge in [0.25, 0.3) is 5.91 Å². The first kappa shape index (κ1) is 19.5. The van der Waals surface area contributed by atoms with Crippen LogP contribution in [0.15, 0.2) is 53.9 Å². The summed E-state index contributed by atoms with van der Waals surface area (Å²) in [6, 6.07) is 9.05. The van der Waals surface area contributed by atoms with Gasteiger partial charge in [-0.1, -0.05) is 17.8 Å². The lowest BCUT2D eigenvalue weighted by atomic mass is 10.1. The highest BCUT2D eigenvalue weighted by molar-refractivity contribution is 7.99. The van der Waals surface area contributed by atoms with Gasteiger partial charge >= 0.3 is 0 Å². The van der Waals surface area contributed by atoms with Crippen LogP contribution in [-0.2, 0) is 11.8 Å². The largest absolute Gasteiger partial charge is 0.325 e. The van der Waals surface area contributed by atoms with Crippen molar-refractivity contribution in [3.8, 4) is 0 Å². The molecule has 10 heteroatoms. The summed E-state index contributed by atoms with van der Waals surface area (Å²) >= 11 is 1.22. The highest BCUT2D eigenvalue weighted by Gasteiger charge is 2.12. The smallest absolute Gasteiger partial charge is 0.255 e. The van der Waals surface area contributed by atoms with Gasteiger partial charge in [0.05, 0.1) is 11.4 Å². The second kappa shape index (κ2) is 8.61. The van der Waals surface area contributed by atoms with Crippen LogP contribution in [0.1, 0.15) is 10.4 Å². The second-order valence-corrected chi connectivity index (χ2v) is 6.66. The molecular formula is C18H15F2N5O2S. The van der Waals surface area contributed by atoms with Gasteiger partial charge in [0.15, 0.2) is 5.16 Å². The van der Waals surface area contributed by atoms with Crippen LogP contribution in [-0.4, -0.2) is 32.3 Å². The monoisotopic (exact) mass is 403 g/mol. The Bertz CT molecular complexity index is 1020. The number of anilines is 2. The van der Waals surface area contributed by atoms with Crippen LogP contribution in [0.4, 0.5) is 20.2 Å². The molecule has 7 nitrogen and oxygen atoms in total. The molecule has 2 aromatic carbocycles. The number of carbonyl (C=O) groups is 2. The van der Waals surface area contributed by atoms with E-state index >= 15 is 0 Å².